The van der Waals surface area contributed by atoms with Crippen molar-refractivity contribution < 1.29 is 14.7 Å². The molecular formula is C19H15NO3. The summed E-state index contributed by atoms with van der Waals surface area (Å²) in [7, 11) is 0. The average molecular weight is 305 g/mol. The first-order valence-electron chi connectivity index (χ1n) is 7.25. The van der Waals surface area contributed by atoms with Gasteiger partial charge >= 0.3 is 0 Å². The molecule has 0 saturated heterocycles. The van der Waals surface area contributed by atoms with E-state index in [0.29, 0.717) is 5.56 Å². The van der Waals surface area contributed by atoms with E-state index in [0.717, 1.165) is 16.9 Å². The molecule has 0 spiro atoms. The van der Waals surface area contributed by atoms with Gasteiger partial charge in [0.25, 0.3) is 11.8 Å². The van der Waals surface area contributed by atoms with E-state index in [2.05, 4.69) is 0 Å². The van der Waals surface area contributed by atoms with Crippen molar-refractivity contribution in [2.75, 3.05) is 4.90 Å². The van der Waals surface area contributed by atoms with Crippen LogP contribution in [0.25, 0.3) is 6.08 Å². The summed E-state index contributed by atoms with van der Waals surface area (Å²) in [6, 6.07) is 14.8. The van der Waals surface area contributed by atoms with Crippen molar-refractivity contribution in [1.29, 1.82) is 0 Å². The monoisotopic (exact) mass is 305 g/mol. The van der Waals surface area contributed by atoms with Gasteiger partial charge in [-0.2, -0.15) is 0 Å². The summed E-state index contributed by atoms with van der Waals surface area (Å²) in [6.45, 7) is 0. The summed E-state index contributed by atoms with van der Waals surface area (Å²) >= 11 is 0. The summed E-state index contributed by atoms with van der Waals surface area (Å²) in [6.07, 6.45) is 6.86. The molecule has 3 rings (SSSR count). The van der Waals surface area contributed by atoms with Crippen molar-refractivity contribution in [3.63, 3.8) is 0 Å². The van der Waals surface area contributed by atoms with Crippen LogP contribution in [-0.2, 0) is 16.0 Å². The topological polar surface area (TPSA) is 57.6 Å². The largest absolute Gasteiger partial charge is 0.506 e. The zero-order chi connectivity index (χ0) is 16.2. The van der Waals surface area contributed by atoms with E-state index in [4.69, 9.17) is 0 Å². The minimum atomic E-state index is -0.450. The van der Waals surface area contributed by atoms with Gasteiger partial charge in [0.2, 0.25) is 0 Å². The van der Waals surface area contributed by atoms with Gasteiger partial charge in [-0.05, 0) is 18.1 Å². The van der Waals surface area contributed by atoms with Crippen molar-refractivity contribution >= 4 is 23.6 Å². The number of hydrogen-bond donors (Lipinski definition) is 1. The van der Waals surface area contributed by atoms with Gasteiger partial charge < -0.3 is 5.11 Å². The maximum absolute atomic E-state index is 11.9. The Morgan fingerprint density at radius 1 is 0.913 bits per heavy atom. The molecule has 0 aliphatic carbocycles. The highest BCUT2D eigenvalue weighted by atomic mass is 16.3. The van der Waals surface area contributed by atoms with Crippen LogP contribution in [0.3, 0.4) is 0 Å². The second kappa shape index (κ2) is 6.32. The molecule has 1 aliphatic rings. The number of carbonyl (C=O) groups is 2. The number of carbonyl (C=O) groups excluding carboxylic acids is 2. The highest BCUT2D eigenvalue weighted by molar-refractivity contribution is 6.29. The Labute approximate surface area is 134 Å². The zero-order valence-electron chi connectivity index (χ0n) is 12.3. The fourth-order valence-electron chi connectivity index (χ4n) is 2.48. The lowest BCUT2D eigenvalue weighted by Crippen LogP contribution is -2.30. The average Bonchev–Trinajstić information content (AvgIpc) is 2.88. The first kappa shape index (κ1) is 14.8. The third kappa shape index (κ3) is 3.06. The van der Waals surface area contributed by atoms with Gasteiger partial charge in [0, 0.05) is 17.7 Å². The highest BCUT2D eigenvalue weighted by Crippen LogP contribution is 2.34. The van der Waals surface area contributed by atoms with Crippen LogP contribution in [-0.4, -0.2) is 16.9 Å². The smallest absolute Gasteiger partial charge is 0.258 e. The Morgan fingerprint density at radius 2 is 1.61 bits per heavy atom. The Hall–Kier alpha value is -3.14. The van der Waals surface area contributed by atoms with E-state index in [9.17, 15) is 14.7 Å². The molecule has 0 fully saturated rings. The van der Waals surface area contributed by atoms with Crippen molar-refractivity contribution in [2.45, 2.75) is 6.42 Å². The predicted octanol–water partition coefficient (Wildman–Crippen LogP) is 3.08. The minimum absolute atomic E-state index is 0.0998. The maximum atomic E-state index is 11.9. The van der Waals surface area contributed by atoms with Gasteiger partial charge in [0.05, 0.1) is 0 Å². The molecule has 23 heavy (non-hydrogen) atoms. The summed E-state index contributed by atoms with van der Waals surface area (Å²) in [5, 5.41) is 10.1. The minimum Gasteiger partial charge on any atom is -0.506 e. The number of hydrogen-bond acceptors (Lipinski definition) is 3. The van der Waals surface area contributed by atoms with Crippen LogP contribution in [0.1, 0.15) is 11.1 Å². The van der Waals surface area contributed by atoms with E-state index in [1.807, 2.05) is 36.4 Å². The van der Waals surface area contributed by atoms with Gasteiger partial charge in [0.1, 0.15) is 11.4 Å². The van der Waals surface area contributed by atoms with Gasteiger partial charge in [-0.15, -0.1) is 0 Å². The molecule has 1 N–H and O–H groups in total. The lowest BCUT2D eigenvalue weighted by molar-refractivity contribution is -0.120. The number of benzene rings is 2. The Morgan fingerprint density at radius 3 is 2.30 bits per heavy atom. The molecule has 4 heteroatoms. The molecule has 2 aromatic rings. The van der Waals surface area contributed by atoms with Crippen molar-refractivity contribution in [3.05, 3.63) is 77.9 Å². The number of nitrogens with zero attached hydrogens (tertiary/aromatic N) is 1. The van der Waals surface area contributed by atoms with E-state index >= 15 is 0 Å². The number of phenolic OH excluding ortho intramolecular Hbond substituents is 1. The first-order valence-corrected chi connectivity index (χ1v) is 7.25. The quantitative estimate of drug-likeness (QED) is 0.883. The van der Waals surface area contributed by atoms with E-state index in [-0.39, 0.29) is 11.4 Å². The predicted molar refractivity (Wildman–Crippen MR) is 88.9 cm³/mol. The number of para-hydroxylation sites is 1. The highest BCUT2D eigenvalue weighted by Gasteiger charge is 2.28. The molecule has 0 aromatic heterocycles. The van der Waals surface area contributed by atoms with Crippen LogP contribution in [0.4, 0.5) is 5.69 Å². The number of rotatable bonds is 4. The number of aromatic hydroxyl groups is 1. The number of anilines is 1. The molecule has 1 heterocycles. The lowest BCUT2D eigenvalue weighted by atomic mass is 10.1. The standard InChI is InChI=1S/C19H15NO3/c21-16-11-5-10-15(9-4-8-14-6-2-1-3-7-14)19(16)20-17(22)12-13-18(20)23/h1-7,9-13,21H,8H2. The summed E-state index contributed by atoms with van der Waals surface area (Å²) in [5.41, 5.74) is 1.99. The zero-order valence-corrected chi connectivity index (χ0v) is 12.3. The molecular weight excluding hydrogens is 290 g/mol. The SMILES string of the molecule is O=C1C=CC(=O)N1c1c(O)cccc1C=CCc1ccccc1. The van der Waals surface area contributed by atoms with E-state index in [1.54, 1.807) is 18.2 Å². The normalized spacial score (nSPS) is 14.2. The number of imide groups is 1. The Bertz CT molecular complexity index is 789. The maximum Gasteiger partial charge on any atom is 0.258 e. The lowest BCUT2D eigenvalue weighted by Gasteiger charge is -2.18. The molecule has 2 amide bonds. The van der Waals surface area contributed by atoms with E-state index < -0.39 is 11.8 Å². The van der Waals surface area contributed by atoms with Crippen LogP contribution < -0.4 is 4.90 Å². The van der Waals surface area contributed by atoms with Crippen LogP contribution in [0.2, 0.25) is 0 Å². The Balaban J connectivity index is 1.90. The van der Waals surface area contributed by atoms with Crippen molar-refractivity contribution in [1.82, 2.24) is 0 Å². The summed E-state index contributed by atoms with van der Waals surface area (Å²) in [4.78, 5) is 24.7. The third-order valence-electron chi connectivity index (χ3n) is 3.57. The molecule has 0 radical (unpaired) electrons. The molecule has 1 aliphatic heterocycles. The summed E-state index contributed by atoms with van der Waals surface area (Å²) in [5.74, 6) is -0.999. The molecule has 0 unspecified atom stereocenters. The van der Waals surface area contributed by atoms with Crippen LogP contribution >= 0.6 is 0 Å². The molecule has 0 atom stereocenters. The molecule has 0 bridgehead atoms. The number of allylic oxidation sites excluding steroid dienone is 1. The van der Waals surface area contributed by atoms with Gasteiger partial charge in [-0.25, -0.2) is 4.90 Å². The molecule has 4 nitrogen and oxygen atoms in total. The van der Waals surface area contributed by atoms with Gasteiger partial charge in [0.15, 0.2) is 0 Å². The van der Waals surface area contributed by atoms with Crippen LogP contribution in [0.15, 0.2) is 66.8 Å². The second-order valence-electron chi connectivity index (χ2n) is 5.15. The van der Waals surface area contributed by atoms with E-state index in [1.165, 1.54) is 18.2 Å². The fourth-order valence-corrected chi connectivity index (χ4v) is 2.48. The van der Waals surface area contributed by atoms with Crippen LogP contribution in [0.5, 0.6) is 5.75 Å². The van der Waals surface area contributed by atoms with Crippen LogP contribution in [0, 0.1) is 0 Å². The molecule has 2 aromatic carbocycles. The first-order chi connectivity index (χ1) is 11.2. The van der Waals surface area contributed by atoms with Gasteiger partial charge in [-0.3, -0.25) is 9.59 Å². The molecule has 0 saturated carbocycles. The number of amides is 2. The summed E-state index contributed by atoms with van der Waals surface area (Å²) < 4.78 is 0. The van der Waals surface area contributed by atoms with Crippen molar-refractivity contribution in [2.24, 2.45) is 0 Å². The van der Waals surface area contributed by atoms with Gasteiger partial charge in [-0.1, -0.05) is 54.6 Å². The number of phenols is 1. The fraction of sp³-hybridized carbons (Fsp3) is 0.0526. The van der Waals surface area contributed by atoms with Crippen molar-refractivity contribution in [3.8, 4) is 5.75 Å². The molecule has 114 valence electrons. The third-order valence-corrected chi connectivity index (χ3v) is 3.57. The Kier molecular flexibility index (Phi) is 4.06. The second-order valence-corrected chi connectivity index (χ2v) is 5.15.